The predicted molar refractivity (Wildman–Crippen MR) is 118 cm³/mol. The van der Waals surface area contributed by atoms with Crippen LogP contribution in [0.1, 0.15) is 51.0 Å². The Balaban J connectivity index is 1.56. The van der Waals surface area contributed by atoms with Gasteiger partial charge in [-0.2, -0.15) is 0 Å². The zero-order valence-electron chi connectivity index (χ0n) is 16.0. The minimum Gasteiger partial charge on any atom is -0.256 e. The fraction of sp³-hybridized carbons (Fsp3) is 0.333. The van der Waals surface area contributed by atoms with Crippen LogP contribution in [0.4, 0.5) is 0 Å². The maximum atomic E-state index is 4.63. The molecule has 3 aromatic rings. The van der Waals surface area contributed by atoms with Gasteiger partial charge in [0.2, 0.25) is 0 Å². The molecule has 0 bridgehead atoms. The van der Waals surface area contributed by atoms with E-state index in [0.717, 1.165) is 27.0 Å². The fourth-order valence-electron chi connectivity index (χ4n) is 3.21. The van der Waals surface area contributed by atoms with Gasteiger partial charge in [-0.05, 0) is 58.6 Å². The Labute approximate surface area is 171 Å². The van der Waals surface area contributed by atoms with E-state index < -0.39 is 0 Å². The molecule has 0 radical (unpaired) electrons. The summed E-state index contributed by atoms with van der Waals surface area (Å²) in [5, 5.41) is 0. The monoisotopic (exact) mass is 422 g/mol. The Morgan fingerprint density at radius 1 is 0.667 bits per heavy atom. The second kappa shape index (κ2) is 10.4. The lowest BCUT2D eigenvalue weighted by molar-refractivity contribution is 0.607. The minimum atomic E-state index is 0.937. The van der Waals surface area contributed by atoms with Crippen LogP contribution in [0.3, 0.4) is 0 Å². The van der Waals surface area contributed by atoms with Crippen molar-refractivity contribution in [3.05, 3.63) is 71.0 Å². The van der Waals surface area contributed by atoms with Gasteiger partial charge in [-0.15, -0.1) is 0 Å². The highest BCUT2D eigenvalue weighted by Gasteiger charge is 2.03. The molecule has 2 heterocycles. The van der Waals surface area contributed by atoms with Gasteiger partial charge in [0.25, 0.3) is 0 Å². The summed E-state index contributed by atoms with van der Waals surface area (Å²) in [6.45, 7) is 2.27. The van der Waals surface area contributed by atoms with Crippen LogP contribution in [-0.2, 0) is 6.42 Å². The lowest BCUT2D eigenvalue weighted by Gasteiger charge is -2.06. The van der Waals surface area contributed by atoms with E-state index in [1.807, 2.05) is 24.5 Å². The number of unbranched alkanes of at least 4 members (excludes halogenated alkanes) is 5. The summed E-state index contributed by atoms with van der Waals surface area (Å²) in [5.41, 5.74) is 5.56. The normalized spacial score (nSPS) is 10.9. The molecule has 0 fully saturated rings. The maximum Gasteiger partial charge on any atom is 0.0718 e. The zero-order valence-corrected chi connectivity index (χ0v) is 17.6. The third kappa shape index (κ3) is 6.00. The zero-order chi connectivity index (χ0) is 18.9. The molecule has 2 aromatic heterocycles. The van der Waals surface area contributed by atoms with Gasteiger partial charge < -0.3 is 0 Å². The van der Waals surface area contributed by atoms with Crippen LogP contribution in [0.15, 0.2) is 65.4 Å². The molecule has 27 heavy (non-hydrogen) atoms. The highest BCUT2D eigenvalue weighted by atomic mass is 79.9. The summed E-state index contributed by atoms with van der Waals surface area (Å²) >= 11 is 3.42. The topological polar surface area (TPSA) is 25.8 Å². The highest BCUT2D eigenvalue weighted by molar-refractivity contribution is 9.10. The first-order valence-corrected chi connectivity index (χ1v) is 10.7. The average Bonchev–Trinajstić information content (AvgIpc) is 2.72. The van der Waals surface area contributed by atoms with E-state index in [-0.39, 0.29) is 0 Å². The molecule has 2 nitrogen and oxygen atoms in total. The molecule has 0 aliphatic rings. The number of halogens is 1. The van der Waals surface area contributed by atoms with Gasteiger partial charge in [0.05, 0.1) is 11.4 Å². The highest BCUT2D eigenvalue weighted by Crippen LogP contribution is 2.23. The summed E-state index contributed by atoms with van der Waals surface area (Å²) < 4.78 is 0.983. The molecular weight excluding hydrogens is 396 g/mol. The van der Waals surface area contributed by atoms with Crippen LogP contribution in [0, 0.1) is 0 Å². The molecule has 0 N–H and O–H groups in total. The Morgan fingerprint density at radius 3 is 1.96 bits per heavy atom. The molecular formula is C24H27BrN2. The van der Waals surface area contributed by atoms with E-state index in [1.165, 1.54) is 50.5 Å². The van der Waals surface area contributed by atoms with E-state index in [0.29, 0.717) is 0 Å². The smallest absolute Gasteiger partial charge is 0.0718 e. The van der Waals surface area contributed by atoms with Crippen molar-refractivity contribution in [3.8, 4) is 22.5 Å². The lowest BCUT2D eigenvalue weighted by Crippen LogP contribution is -1.89. The molecule has 0 saturated heterocycles. The van der Waals surface area contributed by atoms with E-state index in [9.17, 15) is 0 Å². The third-order valence-electron chi connectivity index (χ3n) is 4.86. The largest absolute Gasteiger partial charge is 0.256 e. The SMILES string of the molecule is CCCCCCCCc1ccc(-c2ccc(-c3ccc(Br)cn3)cn2)cc1. The third-order valence-corrected chi connectivity index (χ3v) is 5.32. The molecule has 1 aromatic carbocycles. The predicted octanol–water partition coefficient (Wildman–Crippen LogP) is 7.48. The number of hydrogen-bond acceptors (Lipinski definition) is 2. The van der Waals surface area contributed by atoms with Crippen molar-refractivity contribution in [2.45, 2.75) is 51.9 Å². The number of rotatable bonds is 9. The van der Waals surface area contributed by atoms with Crippen LogP contribution in [0.2, 0.25) is 0 Å². The molecule has 0 aliphatic carbocycles. The van der Waals surface area contributed by atoms with Gasteiger partial charge in [0.15, 0.2) is 0 Å². The summed E-state index contributed by atoms with van der Waals surface area (Å²) in [5.74, 6) is 0. The molecule has 3 heteroatoms. The lowest BCUT2D eigenvalue weighted by atomic mass is 10.0. The van der Waals surface area contributed by atoms with Crippen molar-refractivity contribution < 1.29 is 0 Å². The van der Waals surface area contributed by atoms with Crippen LogP contribution in [0.25, 0.3) is 22.5 Å². The fourth-order valence-corrected chi connectivity index (χ4v) is 3.45. The van der Waals surface area contributed by atoms with Gasteiger partial charge in [-0.25, -0.2) is 0 Å². The molecule has 0 spiro atoms. The maximum absolute atomic E-state index is 4.63. The average molecular weight is 423 g/mol. The molecule has 0 amide bonds. The van der Waals surface area contributed by atoms with Crippen LogP contribution < -0.4 is 0 Å². The molecule has 0 saturated carbocycles. The van der Waals surface area contributed by atoms with E-state index in [1.54, 1.807) is 0 Å². The van der Waals surface area contributed by atoms with Gasteiger partial charge in [-0.3, -0.25) is 9.97 Å². The molecule has 0 unspecified atom stereocenters. The second-order valence-electron chi connectivity index (χ2n) is 7.01. The first-order chi connectivity index (χ1) is 13.3. The Kier molecular flexibility index (Phi) is 7.58. The number of hydrogen-bond donors (Lipinski definition) is 0. The van der Waals surface area contributed by atoms with Crippen molar-refractivity contribution >= 4 is 15.9 Å². The second-order valence-corrected chi connectivity index (χ2v) is 7.92. The van der Waals surface area contributed by atoms with Gasteiger partial charge >= 0.3 is 0 Å². The minimum absolute atomic E-state index is 0.937. The van der Waals surface area contributed by atoms with E-state index in [2.05, 4.69) is 69.2 Å². The standard InChI is InChI=1S/C24H27BrN2/c1-2-3-4-5-6-7-8-19-9-11-20(12-10-19)23-15-13-21(17-26-23)24-16-14-22(25)18-27-24/h9-18H,2-8H2,1H3. The molecule has 0 aliphatic heterocycles. The number of aryl methyl sites for hydroxylation is 1. The van der Waals surface area contributed by atoms with Gasteiger partial charge in [-0.1, -0.05) is 63.3 Å². The van der Waals surface area contributed by atoms with Crippen molar-refractivity contribution in [3.63, 3.8) is 0 Å². The number of pyridine rings is 2. The molecule has 140 valence electrons. The Morgan fingerprint density at radius 2 is 1.30 bits per heavy atom. The van der Waals surface area contributed by atoms with Crippen LogP contribution in [0.5, 0.6) is 0 Å². The van der Waals surface area contributed by atoms with Crippen LogP contribution in [-0.4, -0.2) is 9.97 Å². The summed E-state index contributed by atoms with van der Waals surface area (Å²) in [6.07, 6.45) is 13.0. The summed E-state index contributed by atoms with van der Waals surface area (Å²) in [7, 11) is 0. The van der Waals surface area contributed by atoms with Crippen molar-refractivity contribution in [1.29, 1.82) is 0 Å². The number of benzene rings is 1. The Bertz CT molecular complexity index is 809. The van der Waals surface area contributed by atoms with Gasteiger partial charge in [0, 0.05) is 28.0 Å². The number of aromatic nitrogens is 2. The van der Waals surface area contributed by atoms with Gasteiger partial charge in [0.1, 0.15) is 0 Å². The number of nitrogens with zero attached hydrogens (tertiary/aromatic N) is 2. The van der Waals surface area contributed by atoms with E-state index in [4.69, 9.17) is 0 Å². The van der Waals surface area contributed by atoms with Crippen molar-refractivity contribution in [2.75, 3.05) is 0 Å². The summed E-state index contributed by atoms with van der Waals surface area (Å²) in [6, 6.07) is 17.0. The van der Waals surface area contributed by atoms with Crippen molar-refractivity contribution in [1.82, 2.24) is 9.97 Å². The Hall–Kier alpha value is -2.00. The quantitative estimate of drug-likeness (QED) is 0.334. The molecule has 0 atom stereocenters. The molecule has 3 rings (SSSR count). The summed E-state index contributed by atoms with van der Waals surface area (Å²) in [4.78, 5) is 9.06. The van der Waals surface area contributed by atoms with E-state index >= 15 is 0 Å². The van der Waals surface area contributed by atoms with Crippen LogP contribution >= 0.6 is 15.9 Å². The first kappa shape index (κ1) is 19.8. The first-order valence-electron chi connectivity index (χ1n) is 9.93. The van der Waals surface area contributed by atoms with Crippen molar-refractivity contribution in [2.24, 2.45) is 0 Å².